The molecule has 0 bridgehead atoms. The number of carbonyl (C=O) groups is 2. The van der Waals surface area contributed by atoms with Gasteiger partial charge in [-0.2, -0.15) is 0 Å². The van der Waals surface area contributed by atoms with E-state index < -0.39 is 18.0 Å². The number of nitrogens with one attached hydrogen (secondary N) is 1. The quantitative estimate of drug-likeness (QED) is 0.549. The minimum absolute atomic E-state index is 0. The third-order valence-corrected chi connectivity index (χ3v) is 2.93. The number of phenols is 1. The summed E-state index contributed by atoms with van der Waals surface area (Å²) in [6, 6.07) is 11.4. The molecule has 8 heteroatoms. The average Bonchev–Trinajstić information content (AvgIpc) is 2.53. The molecule has 1 unspecified atom stereocenters. The number of aliphatic carboxylic acids is 2. The summed E-state index contributed by atoms with van der Waals surface area (Å²) in [7, 11) is 0. The molecule has 0 spiro atoms. The molecule has 7 nitrogen and oxygen atoms in total. The van der Waals surface area contributed by atoms with Crippen LogP contribution >= 0.6 is 0 Å². The van der Waals surface area contributed by atoms with Crippen molar-refractivity contribution >= 4 is 11.9 Å². The summed E-state index contributed by atoms with van der Waals surface area (Å²) >= 11 is 0. The van der Waals surface area contributed by atoms with Crippen LogP contribution in [-0.2, 0) is 39.6 Å². The van der Waals surface area contributed by atoms with Crippen LogP contribution < -0.4 is 5.32 Å². The first-order chi connectivity index (χ1) is 11.4. The van der Waals surface area contributed by atoms with Gasteiger partial charge in [-0.25, -0.2) is 0 Å². The van der Waals surface area contributed by atoms with Crippen molar-refractivity contribution in [1.29, 1.82) is 0 Å². The van der Waals surface area contributed by atoms with Crippen LogP contribution in [0, 0.1) is 0 Å². The summed E-state index contributed by atoms with van der Waals surface area (Å²) in [5.41, 5.74) is 1.65. The zero-order chi connectivity index (χ0) is 17.9. The molecule has 25 heavy (non-hydrogen) atoms. The number of aromatic nitrogens is 1. The van der Waals surface area contributed by atoms with E-state index in [9.17, 15) is 15.0 Å². The number of benzene rings is 1. The molecule has 2 rings (SSSR count). The van der Waals surface area contributed by atoms with Gasteiger partial charge in [-0.05, 0) is 36.2 Å². The van der Waals surface area contributed by atoms with E-state index in [1.807, 2.05) is 18.2 Å². The number of nitrogens with zero attached hydrogens (tertiary/aromatic N) is 1. The average molecular weight is 396 g/mol. The number of aromatic hydroxyl groups is 1. The number of phenolic OH excluding ortho intramolecular Hbond substituents is 1. The maximum Gasteiger partial charge on any atom is 0.321 e. The molecule has 2 aromatic rings. The molecule has 0 amide bonds. The van der Waals surface area contributed by atoms with Crippen LogP contribution in [0.2, 0.25) is 0 Å². The van der Waals surface area contributed by atoms with Gasteiger partial charge in [-0.1, -0.05) is 18.2 Å². The van der Waals surface area contributed by atoms with Crippen molar-refractivity contribution < 1.29 is 42.0 Å². The number of rotatable bonds is 6. The molecular weight excluding hydrogens is 376 g/mol. The number of hydrogen-bond donors (Lipinski definition) is 4. The van der Waals surface area contributed by atoms with Gasteiger partial charge in [0, 0.05) is 36.7 Å². The van der Waals surface area contributed by atoms with Crippen molar-refractivity contribution in [3.63, 3.8) is 0 Å². The van der Waals surface area contributed by atoms with E-state index in [2.05, 4.69) is 10.3 Å². The van der Waals surface area contributed by atoms with E-state index in [0.717, 1.165) is 18.2 Å². The smallest absolute Gasteiger partial charge is 0.321 e. The van der Waals surface area contributed by atoms with Crippen LogP contribution in [0.3, 0.4) is 0 Å². The minimum Gasteiger partial charge on any atom is -0.508 e. The zero-order valence-corrected chi connectivity index (χ0v) is 14.5. The Morgan fingerprint density at radius 2 is 1.72 bits per heavy atom. The van der Waals surface area contributed by atoms with Gasteiger partial charge in [-0.15, -0.1) is 0 Å². The second-order valence-corrected chi connectivity index (χ2v) is 4.98. The fourth-order valence-corrected chi connectivity index (χ4v) is 1.84. The van der Waals surface area contributed by atoms with Gasteiger partial charge in [0.05, 0.1) is 5.69 Å². The van der Waals surface area contributed by atoms with E-state index in [1.54, 1.807) is 30.5 Å². The Morgan fingerprint density at radius 1 is 1.12 bits per heavy atom. The fraction of sp³-hybridized carbons (Fsp3) is 0.235. The van der Waals surface area contributed by atoms with Crippen molar-refractivity contribution in [1.82, 2.24) is 10.3 Å². The predicted molar refractivity (Wildman–Crippen MR) is 87.6 cm³/mol. The first kappa shape index (κ1) is 22.6. The molecule has 1 radical (unpaired) electrons. The molecule has 0 aliphatic carbocycles. The van der Waals surface area contributed by atoms with Gasteiger partial charge >= 0.3 is 5.97 Å². The molecule has 1 aromatic carbocycles. The number of pyridine rings is 1. The van der Waals surface area contributed by atoms with E-state index in [-0.39, 0.29) is 22.8 Å². The first-order valence-electron chi connectivity index (χ1n) is 7.22. The molecule has 1 heterocycles. The van der Waals surface area contributed by atoms with Gasteiger partial charge in [0.1, 0.15) is 11.8 Å². The Balaban J connectivity index is 0.00000104. The van der Waals surface area contributed by atoms with Crippen molar-refractivity contribution in [2.75, 3.05) is 0 Å². The first-order valence-corrected chi connectivity index (χ1v) is 7.22. The largest absolute Gasteiger partial charge is 0.508 e. The Hall–Kier alpha value is -2.41. The third-order valence-electron chi connectivity index (χ3n) is 2.93. The number of carboxylic acid groups (broad SMARTS) is 2. The summed E-state index contributed by atoms with van der Waals surface area (Å²) in [6.07, 6.45) is 2.02. The molecule has 139 valence electrons. The topological polar surface area (TPSA) is 120 Å². The van der Waals surface area contributed by atoms with Gasteiger partial charge in [0.25, 0.3) is 5.97 Å². The molecule has 0 fully saturated rings. The van der Waals surface area contributed by atoms with Crippen molar-refractivity contribution in [2.45, 2.75) is 25.9 Å². The second-order valence-electron chi connectivity index (χ2n) is 4.98. The van der Waals surface area contributed by atoms with Crippen LogP contribution in [0.4, 0.5) is 0 Å². The maximum absolute atomic E-state index is 11.3. The zero-order valence-electron chi connectivity index (χ0n) is 13.5. The molecule has 0 aliphatic rings. The second kappa shape index (κ2) is 12.0. The molecule has 0 saturated heterocycles. The molecule has 4 N–H and O–H groups in total. The van der Waals surface area contributed by atoms with Crippen LogP contribution in [-0.4, -0.2) is 38.3 Å². The molecular formula is C17H20CuN2O5. The minimum atomic E-state index is -0.908. The summed E-state index contributed by atoms with van der Waals surface area (Å²) in [4.78, 5) is 24.4. The Morgan fingerprint density at radius 3 is 2.20 bits per heavy atom. The van der Waals surface area contributed by atoms with E-state index >= 15 is 0 Å². The Bertz CT molecular complexity index is 646. The fourth-order valence-electron chi connectivity index (χ4n) is 1.84. The van der Waals surface area contributed by atoms with E-state index in [1.165, 1.54) is 0 Å². The van der Waals surface area contributed by atoms with Crippen molar-refractivity contribution in [3.05, 3.63) is 59.9 Å². The number of hydrogen-bond acceptors (Lipinski definition) is 5. The normalized spacial score (nSPS) is 10.6. The standard InChI is InChI=1S/C15H16N2O3.C2H4O2.Cu/c18-13-6-4-11(5-7-13)9-14(15(19)20)17-10-12-3-1-2-8-16-12;1-2(3)4;/h1-8,14,17-18H,9-10H2,(H,19,20);1H3,(H,3,4);. The van der Waals surface area contributed by atoms with Crippen LogP contribution in [0.25, 0.3) is 0 Å². The van der Waals surface area contributed by atoms with E-state index in [0.29, 0.717) is 13.0 Å². The van der Waals surface area contributed by atoms with Gasteiger partial charge in [-0.3, -0.25) is 19.9 Å². The maximum atomic E-state index is 11.3. The Labute approximate surface area is 156 Å². The summed E-state index contributed by atoms with van der Waals surface area (Å²) in [5, 5.41) is 28.8. The molecule has 1 atom stereocenters. The van der Waals surface area contributed by atoms with Crippen LogP contribution in [0.5, 0.6) is 5.75 Å². The third kappa shape index (κ3) is 10.1. The Kier molecular flexibility index (Phi) is 10.9. The van der Waals surface area contributed by atoms with Gasteiger partial charge in [0.15, 0.2) is 0 Å². The van der Waals surface area contributed by atoms with Crippen LogP contribution in [0.15, 0.2) is 48.7 Å². The number of carboxylic acids is 2. The monoisotopic (exact) mass is 395 g/mol. The summed E-state index contributed by atoms with van der Waals surface area (Å²) in [6.45, 7) is 1.48. The van der Waals surface area contributed by atoms with Gasteiger partial charge in [0.2, 0.25) is 0 Å². The van der Waals surface area contributed by atoms with Crippen LogP contribution in [0.1, 0.15) is 18.2 Å². The predicted octanol–water partition coefficient (Wildman–Crippen LogP) is 1.66. The summed E-state index contributed by atoms with van der Waals surface area (Å²) < 4.78 is 0. The van der Waals surface area contributed by atoms with Crippen molar-refractivity contribution in [3.8, 4) is 5.75 Å². The SMILES string of the molecule is CC(=O)O.O=C(O)C(Cc1ccc(O)cc1)NCc1ccccn1.[Cu]. The van der Waals surface area contributed by atoms with E-state index in [4.69, 9.17) is 9.90 Å². The molecule has 1 aromatic heterocycles. The van der Waals surface area contributed by atoms with Crippen molar-refractivity contribution in [2.24, 2.45) is 0 Å². The van der Waals surface area contributed by atoms with Gasteiger partial charge < -0.3 is 15.3 Å². The summed E-state index contributed by atoms with van der Waals surface area (Å²) in [5.74, 6) is -1.57. The molecule has 0 saturated carbocycles. The molecule has 0 aliphatic heterocycles.